The molecule has 0 fully saturated rings. The van der Waals surface area contributed by atoms with Crippen LogP contribution in [0.5, 0.6) is 5.75 Å². The van der Waals surface area contributed by atoms with Crippen molar-refractivity contribution in [2.45, 2.75) is 6.92 Å². The van der Waals surface area contributed by atoms with E-state index in [0.29, 0.717) is 33.7 Å². The van der Waals surface area contributed by atoms with E-state index < -0.39 is 5.97 Å². The molecule has 0 atom stereocenters. The lowest BCUT2D eigenvalue weighted by Gasteiger charge is -2.10. The lowest BCUT2D eigenvalue weighted by Crippen LogP contribution is -2.11. The van der Waals surface area contributed by atoms with E-state index in [-0.39, 0.29) is 18.2 Å². The Bertz CT molecular complexity index is 1550. The molecule has 0 saturated heterocycles. The first-order valence-electron chi connectivity index (χ1n) is 11.1. The second-order valence-electron chi connectivity index (χ2n) is 7.75. The molecule has 1 amide bonds. The summed E-state index contributed by atoms with van der Waals surface area (Å²) in [5.74, 6) is -0.136. The minimum Gasteiger partial charge on any atom is -0.497 e. The van der Waals surface area contributed by atoms with Gasteiger partial charge in [-0.1, -0.05) is 12.1 Å². The molecule has 36 heavy (non-hydrogen) atoms. The lowest BCUT2D eigenvalue weighted by molar-refractivity contribution is 0.0519. The van der Waals surface area contributed by atoms with Gasteiger partial charge in [-0.2, -0.15) is 5.10 Å². The molecule has 2 aromatic heterocycles. The number of carbonyl (C=O) groups is 2. The molecule has 0 aliphatic carbocycles. The summed E-state index contributed by atoms with van der Waals surface area (Å²) < 4.78 is 16.7. The van der Waals surface area contributed by atoms with Gasteiger partial charge in [0.05, 0.1) is 25.1 Å². The number of carbonyl (C=O) groups excluding carboxylic acids is 2. The first-order valence-corrected chi connectivity index (χ1v) is 11.1. The van der Waals surface area contributed by atoms with Crippen LogP contribution in [0.1, 0.15) is 27.8 Å². The van der Waals surface area contributed by atoms with Crippen LogP contribution in [0.2, 0.25) is 0 Å². The van der Waals surface area contributed by atoms with E-state index in [1.165, 1.54) is 0 Å². The van der Waals surface area contributed by atoms with Gasteiger partial charge in [0.25, 0.3) is 5.91 Å². The first kappa shape index (κ1) is 22.8. The third-order valence-electron chi connectivity index (χ3n) is 5.44. The maximum atomic E-state index is 12.9. The second kappa shape index (κ2) is 9.71. The van der Waals surface area contributed by atoms with Crippen molar-refractivity contribution in [1.82, 2.24) is 20.1 Å². The number of esters is 1. The highest BCUT2D eigenvalue weighted by atomic mass is 16.6. The number of benzene rings is 3. The molecule has 5 aromatic rings. The van der Waals surface area contributed by atoms with Crippen LogP contribution in [-0.2, 0) is 4.74 Å². The summed E-state index contributed by atoms with van der Waals surface area (Å²) >= 11 is 0. The van der Waals surface area contributed by atoms with E-state index >= 15 is 0 Å². The van der Waals surface area contributed by atoms with Gasteiger partial charge in [-0.25, -0.2) is 14.1 Å². The highest BCUT2D eigenvalue weighted by Crippen LogP contribution is 2.28. The number of nitrogens with zero attached hydrogens (tertiary/aromatic N) is 4. The van der Waals surface area contributed by atoms with Gasteiger partial charge < -0.3 is 14.8 Å². The van der Waals surface area contributed by atoms with Crippen LogP contribution in [0.3, 0.4) is 0 Å². The Balaban J connectivity index is 1.49. The molecule has 3 aromatic carbocycles. The van der Waals surface area contributed by atoms with Gasteiger partial charge in [-0.05, 0) is 77.9 Å². The van der Waals surface area contributed by atoms with Gasteiger partial charge in [0.1, 0.15) is 16.8 Å². The van der Waals surface area contributed by atoms with Gasteiger partial charge in [-0.15, -0.1) is 0 Å². The van der Waals surface area contributed by atoms with Crippen LogP contribution in [0.25, 0.3) is 28.0 Å². The van der Waals surface area contributed by atoms with Crippen LogP contribution in [0.4, 0.5) is 5.69 Å². The number of fused-ring (bicyclic) bond motifs is 1. The fourth-order valence-corrected chi connectivity index (χ4v) is 3.69. The van der Waals surface area contributed by atoms with Crippen molar-refractivity contribution in [2.75, 3.05) is 19.0 Å². The molecular weight excluding hydrogens is 462 g/mol. The summed E-state index contributed by atoms with van der Waals surface area (Å²) in [5.41, 5.74) is 4.32. The molecule has 0 radical (unpaired) electrons. The van der Waals surface area contributed by atoms with E-state index in [9.17, 15) is 9.59 Å². The summed E-state index contributed by atoms with van der Waals surface area (Å²) in [6.45, 7) is 1.98. The van der Waals surface area contributed by atoms with E-state index in [1.807, 2.05) is 36.4 Å². The zero-order chi connectivity index (χ0) is 25.1. The average Bonchev–Trinajstić information content (AvgIpc) is 3.56. The number of hydrogen-bond donors (Lipinski definition) is 1. The molecule has 10 nitrogen and oxygen atoms in total. The van der Waals surface area contributed by atoms with Gasteiger partial charge in [-0.3, -0.25) is 4.79 Å². The summed E-state index contributed by atoms with van der Waals surface area (Å²) in [6, 6.07) is 21.1. The van der Waals surface area contributed by atoms with Crippen LogP contribution in [-0.4, -0.2) is 45.7 Å². The Morgan fingerprint density at radius 1 is 0.972 bits per heavy atom. The van der Waals surface area contributed by atoms with E-state index in [2.05, 4.69) is 20.7 Å². The topological polar surface area (TPSA) is 121 Å². The van der Waals surface area contributed by atoms with Crippen molar-refractivity contribution < 1.29 is 23.7 Å². The van der Waals surface area contributed by atoms with Crippen LogP contribution < -0.4 is 10.1 Å². The molecule has 0 aliphatic rings. The lowest BCUT2D eigenvalue weighted by atomic mass is 10.1. The Morgan fingerprint density at radius 3 is 2.56 bits per heavy atom. The molecule has 5 rings (SSSR count). The first-order chi connectivity index (χ1) is 17.6. The van der Waals surface area contributed by atoms with E-state index in [1.54, 1.807) is 55.1 Å². The third-order valence-corrected chi connectivity index (χ3v) is 5.44. The quantitative estimate of drug-likeness (QED) is 0.336. The number of amides is 1. The third kappa shape index (κ3) is 4.51. The highest BCUT2D eigenvalue weighted by molar-refractivity contribution is 6.06. The van der Waals surface area contributed by atoms with Gasteiger partial charge in [0, 0.05) is 16.8 Å². The summed E-state index contributed by atoms with van der Waals surface area (Å²) in [6.07, 6.45) is 0. The molecule has 0 saturated carbocycles. The summed E-state index contributed by atoms with van der Waals surface area (Å²) in [4.78, 5) is 25.3. The predicted octanol–water partition coefficient (Wildman–Crippen LogP) is 4.51. The largest absolute Gasteiger partial charge is 0.497 e. The number of aromatic nitrogens is 4. The molecule has 0 unspecified atom stereocenters. The highest BCUT2D eigenvalue weighted by Gasteiger charge is 2.18. The average molecular weight is 483 g/mol. The Hall–Kier alpha value is -4.99. The maximum Gasteiger partial charge on any atom is 0.358 e. The molecular formula is C26H21N5O5. The van der Waals surface area contributed by atoms with Gasteiger partial charge in [0.2, 0.25) is 0 Å². The Kier molecular flexibility index (Phi) is 6.14. The SMILES string of the molecule is CCOC(=O)c1cc(-c2cccc(NC(=O)c3ccc4nonc4c3)c2)n(-c2ccc(OC)cc2)n1. The molecule has 180 valence electrons. The van der Waals surface area contributed by atoms with Gasteiger partial charge >= 0.3 is 5.97 Å². The van der Waals surface area contributed by atoms with Crippen molar-refractivity contribution in [1.29, 1.82) is 0 Å². The van der Waals surface area contributed by atoms with Crippen molar-refractivity contribution in [3.8, 4) is 22.7 Å². The van der Waals surface area contributed by atoms with E-state index in [4.69, 9.17) is 14.1 Å². The van der Waals surface area contributed by atoms with E-state index in [0.717, 1.165) is 11.3 Å². The minimum absolute atomic E-state index is 0.173. The maximum absolute atomic E-state index is 12.9. The number of hydrogen-bond acceptors (Lipinski definition) is 8. The number of ether oxygens (including phenoxy) is 2. The monoisotopic (exact) mass is 483 g/mol. The Morgan fingerprint density at radius 2 is 1.78 bits per heavy atom. The predicted molar refractivity (Wildman–Crippen MR) is 131 cm³/mol. The van der Waals surface area contributed by atoms with Crippen molar-refractivity contribution in [3.63, 3.8) is 0 Å². The molecule has 0 aliphatic heterocycles. The molecule has 0 bridgehead atoms. The van der Waals surface area contributed by atoms with Crippen molar-refractivity contribution in [2.24, 2.45) is 0 Å². The van der Waals surface area contributed by atoms with Crippen LogP contribution in [0, 0.1) is 0 Å². The number of nitrogens with one attached hydrogen (secondary N) is 1. The number of anilines is 1. The molecule has 10 heteroatoms. The fourth-order valence-electron chi connectivity index (χ4n) is 3.69. The van der Waals surface area contributed by atoms with Crippen LogP contribution in [0.15, 0.2) is 77.4 Å². The standard InChI is InChI=1S/C26H21N5O5/c1-3-35-26(33)23-15-24(31(28-23)19-8-10-20(34-2)11-9-19)16-5-4-6-18(13-16)27-25(32)17-7-12-21-22(14-17)30-36-29-21/h4-15H,3H2,1-2H3,(H,27,32). The second-order valence-corrected chi connectivity index (χ2v) is 7.75. The molecule has 1 N–H and O–H groups in total. The minimum atomic E-state index is -0.520. The fraction of sp³-hybridized carbons (Fsp3) is 0.115. The zero-order valence-electron chi connectivity index (χ0n) is 19.5. The van der Waals surface area contributed by atoms with Gasteiger partial charge in [0.15, 0.2) is 5.69 Å². The summed E-state index contributed by atoms with van der Waals surface area (Å²) in [5, 5.41) is 14.9. The van der Waals surface area contributed by atoms with Crippen molar-refractivity contribution in [3.05, 3.63) is 84.1 Å². The summed E-state index contributed by atoms with van der Waals surface area (Å²) in [7, 11) is 1.59. The van der Waals surface area contributed by atoms with Crippen molar-refractivity contribution >= 4 is 28.6 Å². The molecule has 0 spiro atoms. The smallest absolute Gasteiger partial charge is 0.358 e. The molecule has 2 heterocycles. The Labute approximate surface area is 205 Å². The normalized spacial score (nSPS) is 10.8. The number of methoxy groups -OCH3 is 1. The zero-order valence-corrected chi connectivity index (χ0v) is 19.5. The number of rotatable bonds is 7. The van der Waals surface area contributed by atoms with Crippen LogP contribution >= 0.6 is 0 Å².